The summed E-state index contributed by atoms with van der Waals surface area (Å²) in [5.74, 6) is -0.189. The van der Waals surface area contributed by atoms with Gasteiger partial charge in [0.2, 0.25) is 0 Å². The smallest absolute Gasteiger partial charge is 0.257 e. The molecule has 198 valence electrons. The zero-order valence-electron chi connectivity index (χ0n) is 22.6. The number of nitrogens with one attached hydrogen (secondary N) is 1. The summed E-state index contributed by atoms with van der Waals surface area (Å²) in [5.41, 5.74) is 3.80. The van der Waals surface area contributed by atoms with E-state index in [-0.39, 0.29) is 11.3 Å². The van der Waals surface area contributed by atoms with Crippen molar-refractivity contribution < 1.29 is 9.53 Å². The molecular weight excluding hydrogens is 474 g/mol. The molecule has 5 rings (SSSR count). The molecule has 7 heteroatoms. The number of carbonyl (C=O) groups is 1. The van der Waals surface area contributed by atoms with Crippen LogP contribution in [0.3, 0.4) is 0 Å². The summed E-state index contributed by atoms with van der Waals surface area (Å²) in [6, 6.07) is 17.1. The second-order valence-corrected chi connectivity index (χ2v) is 11.6. The van der Waals surface area contributed by atoms with Crippen molar-refractivity contribution in [3.05, 3.63) is 77.9 Å². The Morgan fingerprint density at radius 3 is 2.39 bits per heavy atom. The van der Waals surface area contributed by atoms with Crippen molar-refractivity contribution in [2.24, 2.45) is 0 Å². The van der Waals surface area contributed by atoms with Crippen molar-refractivity contribution in [3.63, 3.8) is 0 Å². The zero-order valence-corrected chi connectivity index (χ0v) is 22.6. The van der Waals surface area contributed by atoms with Gasteiger partial charge in [0.15, 0.2) is 0 Å². The number of morpholine rings is 1. The summed E-state index contributed by atoms with van der Waals surface area (Å²) in [7, 11) is 0. The van der Waals surface area contributed by atoms with E-state index in [0.717, 1.165) is 63.4 Å². The van der Waals surface area contributed by atoms with E-state index in [9.17, 15) is 10.1 Å². The molecule has 7 nitrogen and oxygen atoms in total. The molecule has 0 atom stereocenters. The number of anilines is 1. The average Bonchev–Trinajstić information content (AvgIpc) is 3.44. The Balaban J connectivity index is 1.21. The Bertz CT molecular complexity index is 1280. The lowest BCUT2D eigenvalue weighted by Gasteiger charge is -2.41. The van der Waals surface area contributed by atoms with E-state index in [2.05, 4.69) is 66.3 Å². The Labute approximate surface area is 225 Å². The molecule has 1 aliphatic heterocycles. The number of carbonyl (C=O) groups excluding carboxylic acids is 1. The molecule has 1 saturated carbocycles. The molecular formula is C31H37N5O2. The Morgan fingerprint density at radius 1 is 1.08 bits per heavy atom. The lowest BCUT2D eigenvalue weighted by molar-refractivity contribution is 0.00493. The van der Waals surface area contributed by atoms with Crippen LogP contribution in [-0.2, 0) is 15.6 Å². The molecule has 2 aromatic heterocycles. The van der Waals surface area contributed by atoms with E-state index in [1.54, 1.807) is 6.20 Å². The molecule has 1 aromatic carbocycles. The highest BCUT2D eigenvalue weighted by atomic mass is 16.5. The predicted octanol–water partition coefficient (Wildman–Crippen LogP) is 5.46. The van der Waals surface area contributed by atoms with Gasteiger partial charge < -0.3 is 14.6 Å². The van der Waals surface area contributed by atoms with Gasteiger partial charge in [0.1, 0.15) is 0 Å². The lowest BCUT2D eigenvalue weighted by Crippen LogP contribution is -2.47. The maximum Gasteiger partial charge on any atom is 0.257 e. The number of nitriles is 1. The van der Waals surface area contributed by atoms with Crippen LogP contribution >= 0.6 is 0 Å². The van der Waals surface area contributed by atoms with Gasteiger partial charge in [-0.2, -0.15) is 5.26 Å². The van der Waals surface area contributed by atoms with Crippen LogP contribution in [0.4, 0.5) is 5.69 Å². The molecule has 1 saturated heterocycles. The minimum absolute atomic E-state index is 0.0963. The van der Waals surface area contributed by atoms with Gasteiger partial charge in [-0.15, -0.1) is 0 Å². The lowest BCUT2D eigenvalue weighted by atomic mass is 9.71. The van der Waals surface area contributed by atoms with Crippen molar-refractivity contribution in [1.29, 1.82) is 5.26 Å². The number of pyridine rings is 1. The number of nitrogens with zero attached hydrogens (tertiary/aromatic N) is 4. The summed E-state index contributed by atoms with van der Waals surface area (Å²) in [6.45, 7) is 10.1. The van der Waals surface area contributed by atoms with E-state index < -0.39 is 5.41 Å². The third-order valence-corrected chi connectivity index (χ3v) is 8.08. The fourth-order valence-electron chi connectivity index (χ4n) is 5.61. The second kappa shape index (κ2) is 10.7. The number of benzene rings is 1. The van der Waals surface area contributed by atoms with E-state index in [0.29, 0.717) is 17.3 Å². The molecule has 0 radical (unpaired) electrons. The van der Waals surface area contributed by atoms with Gasteiger partial charge >= 0.3 is 0 Å². The number of hydrogen-bond acceptors (Lipinski definition) is 5. The van der Waals surface area contributed by atoms with Crippen LogP contribution in [-0.4, -0.2) is 52.7 Å². The fourth-order valence-corrected chi connectivity index (χ4v) is 5.61. The van der Waals surface area contributed by atoms with Crippen LogP contribution in [0, 0.1) is 11.3 Å². The van der Waals surface area contributed by atoms with Crippen LogP contribution in [0.2, 0.25) is 0 Å². The van der Waals surface area contributed by atoms with E-state index >= 15 is 0 Å². The summed E-state index contributed by atoms with van der Waals surface area (Å²) < 4.78 is 7.44. The highest BCUT2D eigenvalue weighted by Gasteiger charge is 2.40. The largest absolute Gasteiger partial charge is 0.379 e. The Kier molecular flexibility index (Phi) is 7.38. The quantitative estimate of drug-likeness (QED) is 0.492. The fraction of sp³-hybridized carbons (Fsp3) is 0.452. The molecule has 1 aliphatic carbocycles. The number of aromatic nitrogens is 2. The van der Waals surface area contributed by atoms with E-state index in [4.69, 9.17) is 4.74 Å². The first kappa shape index (κ1) is 26.1. The first-order chi connectivity index (χ1) is 18.3. The molecule has 0 unspecified atom stereocenters. The summed E-state index contributed by atoms with van der Waals surface area (Å²) in [6.07, 6.45) is 8.98. The molecule has 2 aliphatic rings. The van der Waals surface area contributed by atoms with Gasteiger partial charge in [-0.3, -0.25) is 14.7 Å². The van der Waals surface area contributed by atoms with Crippen molar-refractivity contribution in [2.75, 3.05) is 31.6 Å². The molecule has 2 fully saturated rings. The van der Waals surface area contributed by atoms with Crippen molar-refractivity contribution in [3.8, 4) is 11.8 Å². The predicted molar refractivity (Wildman–Crippen MR) is 149 cm³/mol. The monoisotopic (exact) mass is 511 g/mol. The third-order valence-electron chi connectivity index (χ3n) is 8.08. The van der Waals surface area contributed by atoms with Gasteiger partial charge in [0, 0.05) is 37.2 Å². The van der Waals surface area contributed by atoms with Gasteiger partial charge in [-0.25, -0.2) is 0 Å². The molecule has 0 spiro atoms. The molecule has 0 bridgehead atoms. The number of rotatable bonds is 5. The molecule has 1 N–H and O–H groups in total. The summed E-state index contributed by atoms with van der Waals surface area (Å²) in [4.78, 5) is 20.1. The van der Waals surface area contributed by atoms with Gasteiger partial charge in [-0.05, 0) is 67.0 Å². The standard InChI is InChI=1S/C31H37N5O2/c1-30(2,3)24-4-7-26(8-5-24)36-15-12-23(21-36)29(37)34-25-6-9-28(33-20-25)31(22-32)13-10-27(11-14-31)35-16-18-38-19-17-35/h4-9,12,15,20-21,27H,10-11,13-14,16-19H2,1-3H3,(H,34,37)/t27-,31-. The summed E-state index contributed by atoms with van der Waals surface area (Å²) >= 11 is 0. The highest BCUT2D eigenvalue weighted by Crippen LogP contribution is 2.40. The maximum atomic E-state index is 12.9. The Morgan fingerprint density at radius 2 is 1.79 bits per heavy atom. The normalized spacial score (nSPS) is 22.5. The van der Waals surface area contributed by atoms with Gasteiger partial charge in [0.05, 0.1) is 47.8 Å². The van der Waals surface area contributed by atoms with Gasteiger partial charge in [0.25, 0.3) is 5.91 Å². The van der Waals surface area contributed by atoms with Crippen molar-refractivity contribution in [2.45, 2.75) is 63.3 Å². The summed E-state index contributed by atoms with van der Waals surface area (Å²) in [5, 5.41) is 13.1. The van der Waals surface area contributed by atoms with Crippen LogP contribution in [0.25, 0.3) is 5.69 Å². The topological polar surface area (TPSA) is 83.2 Å². The van der Waals surface area contributed by atoms with Crippen molar-refractivity contribution in [1.82, 2.24) is 14.5 Å². The molecule has 3 heterocycles. The first-order valence-corrected chi connectivity index (χ1v) is 13.6. The SMILES string of the molecule is CC(C)(C)c1ccc(-n2ccc(C(=O)Nc3ccc([C@]4(C#N)CC[C@@H](N5CCOCC5)CC4)nc3)c2)cc1. The number of amides is 1. The van der Waals surface area contributed by atoms with Crippen LogP contribution in [0.15, 0.2) is 61.1 Å². The average molecular weight is 512 g/mol. The Hall–Kier alpha value is -3.47. The van der Waals surface area contributed by atoms with E-state index in [1.165, 1.54) is 5.56 Å². The minimum Gasteiger partial charge on any atom is -0.379 e. The van der Waals surface area contributed by atoms with Crippen LogP contribution in [0.1, 0.15) is 68.1 Å². The van der Waals surface area contributed by atoms with Crippen LogP contribution in [0.5, 0.6) is 0 Å². The number of hydrogen-bond donors (Lipinski definition) is 1. The van der Waals surface area contributed by atoms with Crippen LogP contribution < -0.4 is 5.32 Å². The maximum absolute atomic E-state index is 12.9. The number of ether oxygens (including phenoxy) is 1. The minimum atomic E-state index is -0.564. The van der Waals surface area contributed by atoms with E-state index in [1.807, 2.05) is 35.2 Å². The molecule has 3 aromatic rings. The first-order valence-electron chi connectivity index (χ1n) is 13.6. The third kappa shape index (κ3) is 5.52. The molecule has 38 heavy (non-hydrogen) atoms. The van der Waals surface area contributed by atoms with Gasteiger partial charge in [-0.1, -0.05) is 32.9 Å². The highest BCUT2D eigenvalue weighted by molar-refractivity contribution is 6.04. The second-order valence-electron chi connectivity index (χ2n) is 11.6. The zero-order chi connectivity index (χ0) is 26.8. The van der Waals surface area contributed by atoms with Crippen molar-refractivity contribution >= 4 is 11.6 Å². The molecule has 1 amide bonds.